The first-order chi connectivity index (χ1) is 9.35. The van der Waals surface area contributed by atoms with Gasteiger partial charge in [0.15, 0.2) is 5.58 Å². The molecule has 2 heterocycles. The molecule has 0 atom stereocenters. The van der Waals surface area contributed by atoms with Crippen LogP contribution in [0.1, 0.15) is 6.92 Å². The van der Waals surface area contributed by atoms with Crippen molar-refractivity contribution in [2.75, 3.05) is 11.9 Å². The summed E-state index contributed by atoms with van der Waals surface area (Å²) >= 11 is 1.38. The lowest BCUT2D eigenvalue weighted by molar-refractivity contribution is 0.489. The second kappa shape index (κ2) is 5.27. The summed E-state index contributed by atoms with van der Waals surface area (Å²) in [5.74, 6) is 0.614. The van der Waals surface area contributed by atoms with Crippen molar-refractivity contribution >= 4 is 28.8 Å². The van der Waals surface area contributed by atoms with Gasteiger partial charge < -0.3 is 9.73 Å². The van der Waals surface area contributed by atoms with Crippen LogP contribution in [-0.4, -0.2) is 21.5 Å². The minimum absolute atomic E-state index is 0.586. The third kappa shape index (κ3) is 2.68. The summed E-state index contributed by atoms with van der Waals surface area (Å²) in [5.41, 5.74) is 1.64. The molecule has 6 heteroatoms. The molecule has 96 valence electrons. The number of aromatic nitrogens is 3. The average Bonchev–Trinajstić information content (AvgIpc) is 2.81. The third-order valence-corrected chi connectivity index (χ3v) is 3.22. The van der Waals surface area contributed by atoms with E-state index in [4.69, 9.17) is 4.42 Å². The van der Waals surface area contributed by atoms with Crippen LogP contribution in [0, 0.1) is 0 Å². The molecule has 5 nitrogen and oxygen atoms in total. The van der Waals surface area contributed by atoms with Gasteiger partial charge in [0.05, 0.1) is 0 Å². The first kappa shape index (κ1) is 12.0. The van der Waals surface area contributed by atoms with Gasteiger partial charge in [0.1, 0.15) is 10.5 Å². The van der Waals surface area contributed by atoms with Crippen molar-refractivity contribution in [2.45, 2.75) is 17.2 Å². The van der Waals surface area contributed by atoms with Gasteiger partial charge in [-0.3, -0.25) is 0 Å². The second-order valence-electron chi connectivity index (χ2n) is 3.80. The summed E-state index contributed by atoms with van der Waals surface area (Å²) in [7, 11) is 0. The van der Waals surface area contributed by atoms with Crippen molar-refractivity contribution in [3.05, 3.63) is 36.5 Å². The number of fused-ring (bicyclic) bond motifs is 1. The summed E-state index contributed by atoms with van der Waals surface area (Å²) in [4.78, 5) is 12.9. The molecule has 0 spiro atoms. The topological polar surface area (TPSA) is 63.8 Å². The Morgan fingerprint density at radius 1 is 1.21 bits per heavy atom. The number of nitrogens with zero attached hydrogens (tertiary/aromatic N) is 3. The van der Waals surface area contributed by atoms with Gasteiger partial charge >= 0.3 is 0 Å². The number of rotatable bonds is 4. The number of nitrogens with one attached hydrogen (secondary N) is 1. The van der Waals surface area contributed by atoms with Crippen LogP contribution in [0.15, 0.2) is 51.2 Å². The molecule has 0 aliphatic carbocycles. The number of hydrogen-bond donors (Lipinski definition) is 1. The van der Waals surface area contributed by atoms with Crippen LogP contribution in [0.5, 0.6) is 0 Å². The maximum atomic E-state index is 5.64. The Morgan fingerprint density at radius 3 is 2.95 bits per heavy atom. The maximum Gasteiger partial charge on any atom is 0.263 e. The van der Waals surface area contributed by atoms with E-state index in [-0.39, 0.29) is 0 Å². The number of hydrogen-bond acceptors (Lipinski definition) is 6. The maximum absolute atomic E-state index is 5.64. The fourth-order valence-corrected chi connectivity index (χ4v) is 2.34. The monoisotopic (exact) mass is 272 g/mol. The lowest BCUT2D eigenvalue weighted by atomic mass is 10.3. The smallest absolute Gasteiger partial charge is 0.263 e. The minimum atomic E-state index is 0.586. The lowest BCUT2D eigenvalue weighted by Crippen LogP contribution is -2.01. The number of benzene rings is 1. The zero-order chi connectivity index (χ0) is 13.1. The second-order valence-corrected chi connectivity index (χ2v) is 4.77. The summed E-state index contributed by atoms with van der Waals surface area (Å²) in [6.07, 6.45) is 1.72. The highest BCUT2D eigenvalue weighted by Gasteiger charge is 2.08. The van der Waals surface area contributed by atoms with E-state index in [0.717, 1.165) is 22.7 Å². The first-order valence-electron chi connectivity index (χ1n) is 5.95. The largest absolute Gasteiger partial charge is 0.431 e. The number of anilines is 1. The van der Waals surface area contributed by atoms with Crippen molar-refractivity contribution in [1.29, 1.82) is 0 Å². The molecule has 3 aromatic rings. The summed E-state index contributed by atoms with van der Waals surface area (Å²) < 4.78 is 5.64. The molecule has 0 amide bonds. The zero-order valence-corrected chi connectivity index (χ0v) is 11.1. The highest BCUT2D eigenvalue weighted by molar-refractivity contribution is 7.99. The van der Waals surface area contributed by atoms with Crippen molar-refractivity contribution in [2.24, 2.45) is 0 Å². The van der Waals surface area contributed by atoms with Crippen LogP contribution in [0.4, 0.5) is 5.95 Å². The molecule has 0 saturated heterocycles. The summed E-state index contributed by atoms with van der Waals surface area (Å²) in [5, 5.41) is 4.46. The fourth-order valence-electron chi connectivity index (χ4n) is 1.63. The zero-order valence-electron chi connectivity index (χ0n) is 10.3. The van der Waals surface area contributed by atoms with Crippen LogP contribution >= 0.6 is 11.8 Å². The Labute approximate surface area is 114 Å². The molecule has 2 aromatic heterocycles. The molecule has 0 radical (unpaired) electrons. The van der Waals surface area contributed by atoms with Gasteiger partial charge in [0.25, 0.3) is 5.22 Å². The van der Waals surface area contributed by atoms with Crippen LogP contribution in [0.3, 0.4) is 0 Å². The van der Waals surface area contributed by atoms with Crippen molar-refractivity contribution < 1.29 is 4.42 Å². The molecule has 0 aliphatic rings. The van der Waals surface area contributed by atoms with E-state index < -0.39 is 0 Å². The van der Waals surface area contributed by atoms with Gasteiger partial charge in [0, 0.05) is 12.7 Å². The molecule has 3 rings (SSSR count). The molecule has 1 aromatic carbocycles. The average molecular weight is 272 g/mol. The van der Waals surface area contributed by atoms with E-state index in [9.17, 15) is 0 Å². The van der Waals surface area contributed by atoms with Crippen molar-refractivity contribution in [1.82, 2.24) is 15.0 Å². The van der Waals surface area contributed by atoms with Crippen LogP contribution in [-0.2, 0) is 0 Å². The Hall–Kier alpha value is -2.08. The van der Waals surface area contributed by atoms with Gasteiger partial charge in [-0.05, 0) is 36.9 Å². The van der Waals surface area contributed by atoms with E-state index in [1.165, 1.54) is 11.8 Å². The Bertz CT molecular complexity index is 665. The Balaban J connectivity index is 1.85. The van der Waals surface area contributed by atoms with E-state index >= 15 is 0 Å². The van der Waals surface area contributed by atoms with Gasteiger partial charge in [-0.2, -0.15) is 0 Å². The van der Waals surface area contributed by atoms with Gasteiger partial charge in [-0.15, -0.1) is 0 Å². The first-order valence-corrected chi connectivity index (χ1v) is 6.77. The quantitative estimate of drug-likeness (QED) is 0.736. The summed E-state index contributed by atoms with van der Waals surface area (Å²) in [6, 6.07) is 9.52. The summed E-state index contributed by atoms with van der Waals surface area (Å²) in [6.45, 7) is 2.79. The van der Waals surface area contributed by atoms with Crippen LogP contribution in [0.25, 0.3) is 11.1 Å². The highest BCUT2D eigenvalue weighted by atomic mass is 32.2. The normalized spacial score (nSPS) is 10.8. The van der Waals surface area contributed by atoms with E-state index in [1.54, 1.807) is 6.20 Å². The lowest BCUT2D eigenvalue weighted by Gasteiger charge is -2.01. The van der Waals surface area contributed by atoms with Gasteiger partial charge in [-0.25, -0.2) is 15.0 Å². The number of oxazole rings is 1. The Kier molecular flexibility index (Phi) is 3.33. The number of para-hydroxylation sites is 2. The molecule has 19 heavy (non-hydrogen) atoms. The molecule has 0 fully saturated rings. The highest BCUT2D eigenvalue weighted by Crippen LogP contribution is 2.28. The van der Waals surface area contributed by atoms with Crippen molar-refractivity contribution in [3.8, 4) is 0 Å². The molecular weight excluding hydrogens is 260 g/mol. The van der Waals surface area contributed by atoms with Crippen LogP contribution in [0.2, 0.25) is 0 Å². The van der Waals surface area contributed by atoms with E-state index in [2.05, 4.69) is 20.3 Å². The fraction of sp³-hybridized carbons (Fsp3) is 0.154. The van der Waals surface area contributed by atoms with E-state index in [1.807, 2.05) is 37.3 Å². The SMILES string of the molecule is CCNc1nccc(Sc2nc3ccccc3o2)n1. The van der Waals surface area contributed by atoms with Gasteiger partial charge in [0.2, 0.25) is 5.95 Å². The molecule has 0 bridgehead atoms. The Morgan fingerprint density at radius 2 is 2.11 bits per heavy atom. The van der Waals surface area contributed by atoms with Gasteiger partial charge in [-0.1, -0.05) is 12.1 Å². The molecule has 0 saturated carbocycles. The minimum Gasteiger partial charge on any atom is -0.431 e. The third-order valence-electron chi connectivity index (χ3n) is 2.43. The molecule has 0 unspecified atom stereocenters. The predicted octanol–water partition coefficient (Wildman–Crippen LogP) is 3.20. The molecule has 0 aliphatic heterocycles. The van der Waals surface area contributed by atoms with E-state index in [0.29, 0.717) is 11.2 Å². The predicted molar refractivity (Wildman–Crippen MR) is 74.3 cm³/mol. The molecular formula is C13H12N4OS. The standard InChI is InChI=1S/C13H12N4OS/c1-2-14-12-15-8-7-11(17-12)19-13-16-9-5-3-4-6-10(9)18-13/h3-8H,2H2,1H3,(H,14,15,17). The van der Waals surface area contributed by atoms with Crippen LogP contribution < -0.4 is 5.32 Å². The molecule has 1 N–H and O–H groups in total. The van der Waals surface area contributed by atoms with Crippen molar-refractivity contribution in [3.63, 3.8) is 0 Å².